The lowest BCUT2D eigenvalue weighted by molar-refractivity contribution is -0.123. The van der Waals surface area contributed by atoms with E-state index >= 15 is 0 Å². The van der Waals surface area contributed by atoms with Gasteiger partial charge < -0.3 is 31.2 Å². The quantitative estimate of drug-likeness (QED) is 0.0934. The lowest BCUT2D eigenvalue weighted by atomic mass is 9.84. The van der Waals surface area contributed by atoms with Gasteiger partial charge in [-0.15, -0.1) is 11.3 Å². The summed E-state index contributed by atoms with van der Waals surface area (Å²) in [5.74, 6) is -0.983. The Kier molecular flexibility index (Phi) is 11.3. The maximum absolute atomic E-state index is 14.2. The highest BCUT2D eigenvalue weighted by atomic mass is 32.2. The largest absolute Gasteiger partial charge is 0.453 e. The average Bonchev–Trinajstić information content (AvgIpc) is 3.81. The molecule has 2 atom stereocenters. The number of methoxy groups -OCH3 is 1. The number of nitrogens with zero attached hydrogens (tertiary/aromatic N) is 2. The number of aliphatic hydroxyl groups is 1. The van der Waals surface area contributed by atoms with Crippen LogP contribution in [-0.2, 0) is 32.6 Å². The van der Waals surface area contributed by atoms with E-state index in [1.165, 1.54) is 47.0 Å². The molecule has 0 saturated heterocycles. The Morgan fingerprint density at radius 3 is 2.23 bits per heavy atom. The first-order valence-corrected chi connectivity index (χ1v) is 18.6. The second kappa shape index (κ2) is 16.2. The molecule has 0 aliphatic heterocycles. The van der Waals surface area contributed by atoms with Crippen LogP contribution in [0.1, 0.15) is 38.5 Å². The van der Waals surface area contributed by atoms with Crippen LogP contribution in [0.15, 0.2) is 126 Å². The number of aromatic amines is 1. The molecule has 6 aromatic rings. The van der Waals surface area contributed by atoms with Crippen LogP contribution in [0.2, 0.25) is 0 Å². The van der Waals surface area contributed by atoms with Crippen LogP contribution < -0.4 is 16.4 Å². The molecule has 268 valence electrons. The molecule has 6 rings (SSSR count). The van der Waals surface area contributed by atoms with Gasteiger partial charge in [0.25, 0.3) is 0 Å². The van der Waals surface area contributed by atoms with Gasteiger partial charge in [0.05, 0.1) is 37.7 Å². The number of aliphatic hydroxyl groups excluding tert-OH is 1. The van der Waals surface area contributed by atoms with Crippen molar-refractivity contribution in [2.75, 3.05) is 19.5 Å². The first-order chi connectivity index (χ1) is 25.2. The van der Waals surface area contributed by atoms with Crippen LogP contribution in [0.4, 0.5) is 10.5 Å². The third-order valence-electron chi connectivity index (χ3n) is 8.62. The molecule has 3 aromatic heterocycles. The fraction of sp³-hybridized carbons (Fsp3) is 0.184. The van der Waals surface area contributed by atoms with Crippen LogP contribution in [0.3, 0.4) is 0 Å². The number of nitrogens with one attached hydrogen (secondary N) is 3. The van der Waals surface area contributed by atoms with Crippen molar-refractivity contribution in [3.05, 3.63) is 148 Å². The first-order valence-electron chi connectivity index (χ1n) is 16.4. The predicted molar refractivity (Wildman–Crippen MR) is 200 cm³/mol. The number of fused-ring (bicyclic) bond motifs is 1. The highest BCUT2D eigenvalue weighted by Crippen LogP contribution is 2.34. The summed E-state index contributed by atoms with van der Waals surface area (Å²) in [5.41, 5.74) is 9.11. The smallest absolute Gasteiger partial charge is 0.407 e. The average molecular weight is 739 g/mol. The Morgan fingerprint density at radius 2 is 1.62 bits per heavy atom. The third-order valence-corrected chi connectivity index (χ3v) is 11.7. The second-order valence-electron chi connectivity index (χ2n) is 12.0. The molecule has 2 amide bonds. The number of anilines is 1. The summed E-state index contributed by atoms with van der Waals surface area (Å²) < 4.78 is 34.5. The maximum atomic E-state index is 14.2. The van der Waals surface area contributed by atoms with Crippen LogP contribution in [0.5, 0.6) is 0 Å². The molecule has 0 spiro atoms. The number of nitrogen functional groups attached to an aromatic ring is 1. The van der Waals surface area contributed by atoms with Gasteiger partial charge in [0.15, 0.2) is 0 Å². The van der Waals surface area contributed by atoms with Gasteiger partial charge in [-0.1, -0.05) is 60.7 Å². The maximum Gasteiger partial charge on any atom is 0.407 e. The number of hydrogen-bond donors (Lipinski definition) is 5. The number of hydrogen-bond acceptors (Lipinski definition) is 9. The minimum atomic E-state index is -4.15. The number of amides is 2. The molecule has 3 aromatic carbocycles. The van der Waals surface area contributed by atoms with E-state index < -0.39 is 46.6 Å². The van der Waals surface area contributed by atoms with Gasteiger partial charge >= 0.3 is 6.09 Å². The van der Waals surface area contributed by atoms with Crippen molar-refractivity contribution in [2.24, 2.45) is 0 Å². The first kappa shape index (κ1) is 36.3. The van der Waals surface area contributed by atoms with Gasteiger partial charge in [0.2, 0.25) is 15.9 Å². The van der Waals surface area contributed by atoms with Crippen molar-refractivity contribution in [3.8, 4) is 0 Å². The number of rotatable bonds is 14. The number of thiophene rings is 1. The fourth-order valence-corrected chi connectivity index (χ4v) is 8.76. The molecule has 0 aliphatic rings. The number of sulfonamides is 1. The molecule has 0 saturated carbocycles. The molecular weight excluding hydrogens is 701 g/mol. The zero-order chi connectivity index (χ0) is 36.7. The predicted octanol–water partition coefficient (Wildman–Crippen LogP) is 5.30. The molecule has 3 heterocycles. The molecule has 12 nitrogen and oxygen atoms in total. The van der Waals surface area contributed by atoms with E-state index in [0.29, 0.717) is 26.8 Å². The number of carbonyl (C=O) groups is 2. The Morgan fingerprint density at radius 1 is 0.942 bits per heavy atom. The zero-order valence-corrected chi connectivity index (χ0v) is 29.8. The lowest BCUT2D eigenvalue weighted by Crippen LogP contribution is -2.50. The minimum Gasteiger partial charge on any atom is -0.453 e. The summed E-state index contributed by atoms with van der Waals surface area (Å²) in [4.78, 5) is 35.3. The monoisotopic (exact) mass is 738 g/mol. The Labute approximate surface area is 305 Å². The molecular formula is C38H38N6O6S2. The minimum absolute atomic E-state index is 0.0222. The molecule has 0 fully saturated rings. The highest BCUT2D eigenvalue weighted by Gasteiger charge is 2.35. The summed E-state index contributed by atoms with van der Waals surface area (Å²) in [6.07, 6.45) is 0.889. The molecule has 52 heavy (non-hydrogen) atoms. The lowest BCUT2D eigenvalue weighted by Gasteiger charge is -2.29. The van der Waals surface area contributed by atoms with E-state index in [4.69, 9.17) is 10.5 Å². The number of pyridine rings is 1. The number of ether oxygens (including phenoxy) is 1. The van der Waals surface area contributed by atoms with E-state index in [2.05, 4.69) is 20.6 Å². The van der Waals surface area contributed by atoms with E-state index in [0.717, 1.165) is 16.5 Å². The van der Waals surface area contributed by atoms with Crippen LogP contribution >= 0.6 is 11.3 Å². The van der Waals surface area contributed by atoms with E-state index in [-0.39, 0.29) is 18.0 Å². The van der Waals surface area contributed by atoms with Crippen LogP contribution in [0.25, 0.3) is 11.0 Å². The van der Waals surface area contributed by atoms with Crippen molar-refractivity contribution >= 4 is 50.1 Å². The Bertz CT molecular complexity index is 2150. The topological polar surface area (TPSA) is 180 Å². The number of nitrogens with two attached hydrogens (primary N) is 1. The molecule has 6 N–H and O–H groups in total. The number of H-pyrrole nitrogens is 1. The SMILES string of the molecule is COC(=O)N[C@H](C(=O)NCc1ccc([C@@H](CO)N(Cc2cc3cccnc3[nH]2)S(=O)(=O)c2ccc(N)cc2)s1)C(c1ccccc1)c1ccccc1. The third kappa shape index (κ3) is 8.16. The normalized spacial score (nSPS) is 12.8. The van der Waals surface area contributed by atoms with Crippen molar-refractivity contribution in [1.82, 2.24) is 24.9 Å². The number of alkyl carbamates (subject to hydrolysis) is 1. The van der Waals surface area contributed by atoms with E-state index in [1.807, 2.05) is 72.8 Å². The van der Waals surface area contributed by atoms with Gasteiger partial charge in [-0.25, -0.2) is 18.2 Å². The summed E-state index contributed by atoms with van der Waals surface area (Å²) in [6, 6.07) is 31.7. The molecule has 0 unspecified atom stereocenters. The van der Waals surface area contributed by atoms with E-state index in [1.54, 1.807) is 24.4 Å². The molecule has 0 bridgehead atoms. The van der Waals surface area contributed by atoms with E-state index in [9.17, 15) is 23.1 Å². The molecule has 14 heteroatoms. The number of carbonyl (C=O) groups excluding carboxylic acids is 2. The van der Waals surface area contributed by atoms with Gasteiger partial charge in [0, 0.05) is 38.6 Å². The van der Waals surface area contributed by atoms with Crippen molar-refractivity contribution in [1.29, 1.82) is 0 Å². The van der Waals surface area contributed by atoms with Crippen molar-refractivity contribution < 1.29 is 27.9 Å². The van der Waals surface area contributed by atoms with Gasteiger partial charge in [-0.05, 0) is 65.7 Å². The second-order valence-corrected chi connectivity index (χ2v) is 15.1. The fourth-order valence-electron chi connectivity index (χ4n) is 6.07. The molecule has 0 aliphatic carbocycles. The summed E-state index contributed by atoms with van der Waals surface area (Å²) in [6.45, 7) is -0.519. The summed E-state index contributed by atoms with van der Waals surface area (Å²) in [5, 5.41) is 17.2. The summed E-state index contributed by atoms with van der Waals surface area (Å²) in [7, 11) is -2.92. The van der Waals surface area contributed by atoms with Crippen molar-refractivity contribution in [2.45, 2.75) is 36.0 Å². The Balaban J connectivity index is 1.27. The number of benzene rings is 3. The van der Waals surface area contributed by atoms with Gasteiger partial charge in [-0.2, -0.15) is 4.31 Å². The Hall–Kier alpha value is -5.54. The highest BCUT2D eigenvalue weighted by molar-refractivity contribution is 7.89. The standard InChI is InChI=1S/C38H38N6O6S2/c1-50-38(47)43-35(34(25-9-4-2-5-10-25)26-11-6-3-7-12-26)37(46)41-22-30-16-19-33(51-30)32(24-45)44(52(48,49)31-17-14-28(39)15-18-31)23-29-21-27-13-8-20-40-36(27)42-29/h2-21,32,34-35,45H,22-24,39H2,1H3,(H,40,42)(H,41,46)(H,43,47)/t32-,35+/m1/s1. The number of aromatic nitrogens is 2. The molecule has 0 radical (unpaired) electrons. The zero-order valence-electron chi connectivity index (χ0n) is 28.2. The summed E-state index contributed by atoms with van der Waals surface area (Å²) >= 11 is 1.26. The van der Waals surface area contributed by atoms with Crippen LogP contribution in [-0.4, -0.2) is 59.6 Å². The van der Waals surface area contributed by atoms with Crippen molar-refractivity contribution in [3.63, 3.8) is 0 Å². The van der Waals surface area contributed by atoms with Gasteiger partial charge in [-0.3, -0.25) is 4.79 Å². The van der Waals surface area contributed by atoms with Gasteiger partial charge in [0.1, 0.15) is 11.7 Å². The van der Waals surface area contributed by atoms with Crippen LogP contribution in [0, 0.1) is 0 Å².